The number of nitrogens with one attached hydrogen (secondary N) is 1. The van der Waals surface area contributed by atoms with Gasteiger partial charge in [-0.15, -0.1) is 0 Å². The van der Waals surface area contributed by atoms with E-state index in [0.29, 0.717) is 5.52 Å². The summed E-state index contributed by atoms with van der Waals surface area (Å²) in [6, 6.07) is 2.64. The summed E-state index contributed by atoms with van der Waals surface area (Å²) in [5, 5.41) is 8.85. The first-order valence-electron chi connectivity index (χ1n) is 4.56. The van der Waals surface area contributed by atoms with Crippen molar-refractivity contribution in [1.29, 1.82) is 0 Å². The van der Waals surface area contributed by atoms with E-state index < -0.39 is 17.2 Å². The molecule has 0 saturated carbocycles. The van der Waals surface area contributed by atoms with Crippen LogP contribution in [0.4, 0.5) is 4.39 Å². The molecule has 0 aliphatic rings. The summed E-state index contributed by atoms with van der Waals surface area (Å²) in [4.78, 5) is 25.2. The van der Waals surface area contributed by atoms with Crippen LogP contribution in [-0.4, -0.2) is 16.1 Å². The van der Waals surface area contributed by atoms with Crippen LogP contribution in [0.5, 0.6) is 0 Å². The molecule has 5 heteroatoms. The van der Waals surface area contributed by atoms with Gasteiger partial charge in [-0.1, -0.05) is 0 Å². The molecule has 1 aromatic carbocycles. The van der Waals surface area contributed by atoms with Gasteiger partial charge >= 0.3 is 5.97 Å². The van der Waals surface area contributed by atoms with Gasteiger partial charge in [-0.25, -0.2) is 9.18 Å². The highest BCUT2D eigenvalue weighted by molar-refractivity contribution is 5.93. The molecule has 0 spiro atoms. The van der Waals surface area contributed by atoms with E-state index in [1.165, 1.54) is 19.1 Å². The number of fused-ring (bicyclic) bond motifs is 1. The number of carboxylic acid groups (broad SMARTS) is 1. The molecule has 0 saturated heterocycles. The minimum atomic E-state index is -1.33. The Morgan fingerprint density at radius 1 is 1.44 bits per heavy atom. The van der Waals surface area contributed by atoms with Crippen molar-refractivity contribution in [2.24, 2.45) is 0 Å². The molecule has 0 aliphatic heterocycles. The fraction of sp³-hybridized carbons (Fsp3) is 0.0909. The quantitative estimate of drug-likeness (QED) is 0.769. The van der Waals surface area contributed by atoms with Crippen molar-refractivity contribution in [1.82, 2.24) is 4.98 Å². The van der Waals surface area contributed by atoms with Crippen molar-refractivity contribution < 1.29 is 14.3 Å². The molecule has 1 heterocycles. The molecule has 0 unspecified atom stereocenters. The fourth-order valence-electron chi connectivity index (χ4n) is 1.61. The van der Waals surface area contributed by atoms with Crippen LogP contribution >= 0.6 is 0 Å². The summed E-state index contributed by atoms with van der Waals surface area (Å²) in [5.41, 5.74) is -0.477. The number of carboxylic acids is 1. The zero-order valence-corrected chi connectivity index (χ0v) is 8.37. The molecular formula is C11H8FNO3. The van der Waals surface area contributed by atoms with Crippen molar-refractivity contribution in [3.8, 4) is 0 Å². The SMILES string of the molecule is Cc1c(F)ccc2[nH]cc(C(=O)O)c(=O)c12. The van der Waals surface area contributed by atoms with E-state index in [2.05, 4.69) is 4.98 Å². The lowest BCUT2D eigenvalue weighted by Crippen LogP contribution is -2.16. The minimum absolute atomic E-state index is 0.0832. The van der Waals surface area contributed by atoms with Gasteiger partial charge in [0.15, 0.2) is 0 Å². The smallest absolute Gasteiger partial charge is 0.341 e. The molecule has 4 nitrogen and oxygen atoms in total. The summed E-state index contributed by atoms with van der Waals surface area (Å²) >= 11 is 0. The van der Waals surface area contributed by atoms with Gasteiger partial charge in [-0.2, -0.15) is 0 Å². The third kappa shape index (κ3) is 1.37. The predicted molar refractivity (Wildman–Crippen MR) is 56.2 cm³/mol. The molecule has 1 aromatic heterocycles. The van der Waals surface area contributed by atoms with E-state index in [1.54, 1.807) is 0 Å². The number of hydrogen-bond acceptors (Lipinski definition) is 2. The number of pyridine rings is 1. The Hall–Kier alpha value is -2.17. The topological polar surface area (TPSA) is 70.2 Å². The highest BCUT2D eigenvalue weighted by atomic mass is 19.1. The lowest BCUT2D eigenvalue weighted by atomic mass is 10.1. The Balaban J connectivity index is 2.98. The summed E-state index contributed by atoms with van der Waals surface area (Å²) in [5.74, 6) is -1.85. The Labute approximate surface area is 89.3 Å². The van der Waals surface area contributed by atoms with Crippen LogP contribution in [0.3, 0.4) is 0 Å². The standard InChI is InChI=1S/C11H8FNO3/c1-5-7(12)2-3-8-9(5)10(14)6(4-13-8)11(15)16/h2-4H,1H3,(H,13,14)(H,15,16). The summed E-state index contributed by atoms with van der Waals surface area (Å²) in [6.07, 6.45) is 1.12. The first kappa shape index (κ1) is 10.4. The van der Waals surface area contributed by atoms with E-state index >= 15 is 0 Å². The highest BCUT2D eigenvalue weighted by Crippen LogP contribution is 2.16. The Kier molecular flexibility index (Phi) is 2.23. The zero-order chi connectivity index (χ0) is 11.9. The van der Waals surface area contributed by atoms with Crippen molar-refractivity contribution in [2.75, 3.05) is 0 Å². The van der Waals surface area contributed by atoms with Gasteiger partial charge < -0.3 is 10.1 Å². The van der Waals surface area contributed by atoms with Gasteiger partial charge in [0.25, 0.3) is 0 Å². The van der Waals surface area contributed by atoms with Crippen molar-refractivity contribution in [3.63, 3.8) is 0 Å². The van der Waals surface area contributed by atoms with Crippen LogP contribution in [0.25, 0.3) is 10.9 Å². The maximum Gasteiger partial charge on any atom is 0.341 e. The maximum atomic E-state index is 13.3. The third-order valence-corrected chi connectivity index (χ3v) is 2.47. The first-order chi connectivity index (χ1) is 7.52. The molecule has 16 heavy (non-hydrogen) atoms. The lowest BCUT2D eigenvalue weighted by Gasteiger charge is -2.03. The minimum Gasteiger partial charge on any atom is -0.477 e. The van der Waals surface area contributed by atoms with Gasteiger partial charge in [0, 0.05) is 11.7 Å². The van der Waals surface area contributed by atoms with Crippen LogP contribution in [0.1, 0.15) is 15.9 Å². The second-order valence-corrected chi connectivity index (χ2v) is 3.43. The van der Waals surface area contributed by atoms with E-state index in [-0.39, 0.29) is 16.5 Å². The van der Waals surface area contributed by atoms with Crippen LogP contribution in [0.15, 0.2) is 23.1 Å². The molecule has 2 N–H and O–H groups in total. The molecule has 0 radical (unpaired) electrons. The van der Waals surface area contributed by atoms with Crippen molar-refractivity contribution in [3.05, 3.63) is 45.5 Å². The molecule has 0 amide bonds. The van der Waals surface area contributed by atoms with Gasteiger partial charge in [0.1, 0.15) is 11.4 Å². The van der Waals surface area contributed by atoms with E-state index in [1.807, 2.05) is 0 Å². The number of aromatic nitrogens is 1. The molecule has 0 atom stereocenters. The van der Waals surface area contributed by atoms with Gasteiger partial charge in [-0.3, -0.25) is 4.79 Å². The normalized spacial score (nSPS) is 10.6. The van der Waals surface area contributed by atoms with Crippen molar-refractivity contribution >= 4 is 16.9 Å². The molecule has 0 fully saturated rings. The number of aromatic amines is 1. The summed E-state index contributed by atoms with van der Waals surface area (Å²) in [6.45, 7) is 1.44. The lowest BCUT2D eigenvalue weighted by molar-refractivity contribution is 0.0695. The fourth-order valence-corrected chi connectivity index (χ4v) is 1.61. The van der Waals surface area contributed by atoms with Crippen LogP contribution in [0.2, 0.25) is 0 Å². The molecule has 0 aliphatic carbocycles. The van der Waals surface area contributed by atoms with Crippen LogP contribution in [0, 0.1) is 12.7 Å². The molecule has 2 aromatic rings. The second-order valence-electron chi connectivity index (χ2n) is 3.43. The largest absolute Gasteiger partial charge is 0.477 e. The van der Waals surface area contributed by atoms with E-state index in [0.717, 1.165) is 6.20 Å². The number of hydrogen-bond donors (Lipinski definition) is 2. The average Bonchev–Trinajstić information content (AvgIpc) is 2.23. The number of H-pyrrole nitrogens is 1. The van der Waals surface area contributed by atoms with Crippen LogP contribution < -0.4 is 5.43 Å². The van der Waals surface area contributed by atoms with E-state index in [9.17, 15) is 14.0 Å². The number of rotatable bonds is 1. The van der Waals surface area contributed by atoms with Gasteiger partial charge in [0.2, 0.25) is 5.43 Å². The molecule has 0 bridgehead atoms. The van der Waals surface area contributed by atoms with Crippen LogP contribution in [-0.2, 0) is 0 Å². The number of aromatic carboxylic acids is 1. The Morgan fingerprint density at radius 2 is 2.12 bits per heavy atom. The molecular weight excluding hydrogens is 213 g/mol. The second kappa shape index (κ2) is 3.44. The summed E-state index contributed by atoms with van der Waals surface area (Å²) < 4.78 is 13.3. The zero-order valence-electron chi connectivity index (χ0n) is 8.37. The molecule has 82 valence electrons. The van der Waals surface area contributed by atoms with E-state index in [4.69, 9.17) is 5.11 Å². The van der Waals surface area contributed by atoms with Gasteiger partial charge in [0.05, 0.1) is 5.39 Å². The maximum absolute atomic E-state index is 13.3. The number of benzene rings is 1. The average molecular weight is 221 g/mol. The molecule has 2 rings (SSSR count). The number of aryl methyl sites for hydroxylation is 1. The Bertz CT molecular complexity index is 645. The monoisotopic (exact) mass is 221 g/mol. The third-order valence-electron chi connectivity index (χ3n) is 2.47. The van der Waals surface area contributed by atoms with Crippen molar-refractivity contribution in [2.45, 2.75) is 6.92 Å². The highest BCUT2D eigenvalue weighted by Gasteiger charge is 2.14. The summed E-state index contributed by atoms with van der Waals surface area (Å²) in [7, 11) is 0. The number of carbonyl (C=O) groups is 1. The predicted octanol–water partition coefficient (Wildman–Crippen LogP) is 1.67. The van der Waals surface area contributed by atoms with Gasteiger partial charge in [-0.05, 0) is 24.6 Å². The first-order valence-corrected chi connectivity index (χ1v) is 4.56. The number of halogens is 1. The Morgan fingerprint density at radius 3 is 2.75 bits per heavy atom.